The van der Waals surface area contributed by atoms with Gasteiger partial charge in [-0.25, -0.2) is 4.39 Å². The summed E-state index contributed by atoms with van der Waals surface area (Å²) in [5.41, 5.74) is 1.54. The Labute approximate surface area is 151 Å². The van der Waals surface area contributed by atoms with Gasteiger partial charge in [-0.3, -0.25) is 9.59 Å². The van der Waals surface area contributed by atoms with Crippen molar-refractivity contribution in [2.75, 3.05) is 18.5 Å². The van der Waals surface area contributed by atoms with Crippen LogP contribution >= 0.6 is 0 Å². The number of ether oxygens (including phenoxy) is 1. The van der Waals surface area contributed by atoms with Crippen molar-refractivity contribution in [3.8, 4) is 0 Å². The van der Waals surface area contributed by atoms with Gasteiger partial charge in [-0.1, -0.05) is 24.3 Å². The molecule has 1 unspecified atom stereocenters. The number of carbonyl (C=O) groups excluding carboxylic acids is 2. The van der Waals surface area contributed by atoms with E-state index in [0.717, 1.165) is 6.42 Å². The zero-order chi connectivity index (χ0) is 18.4. The normalized spacial score (nSPS) is 16.3. The maximum Gasteiger partial charge on any atom is 0.253 e. The Kier molecular flexibility index (Phi) is 5.96. The molecule has 0 spiro atoms. The summed E-state index contributed by atoms with van der Waals surface area (Å²) in [4.78, 5) is 24.4. The van der Waals surface area contributed by atoms with Crippen molar-refractivity contribution < 1.29 is 18.7 Å². The molecule has 0 bridgehead atoms. The van der Waals surface area contributed by atoms with E-state index in [9.17, 15) is 14.0 Å². The molecule has 3 rings (SSSR count). The van der Waals surface area contributed by atoms with E-state index in [1.807, 2.05) is 0 Å². The van der Waals surface area contributed by atoms with Crippen molar-refractivity contribution in [1.82, 2.24) is 5.32 Å². The highest BCUT2D eigenvalue weighted by molar-refractivity contribution is 5.98. The van der Waals surface area contributed by atoms with Gasteiger partial charge in [0.1, 0.15) is 11.9 Å². The van der Waals surface area contributed by atoms with Crippen LogP contribution in [-0.2, 0) is 16.0 Å². The minimum atomic E-state index is -0.423. The smallest absolute Gasteiger partial charge is 0.253 e. The summed E-state index contributed by atoms with van der Waals surface area (Å²) in [7, 11) is 0. The summed E-state index contributed by atoms with van der Waals surface area (Å²) in [6, 6.07) is 13.2. The number of anilines is 1. The minimum absolute atomic E-state index is 0.195. The highest BCUT2D eigenvalue weighted by Crippen LogP contribution is 2.16. The number of hydrogen-bond acceptors (Lipinski definition) is 3. The van der Waals surface area contributed by atoms with E-state index < -0.39 is 6.10 Å². The fourth-order valence-corrected chi connectivity index (χ4v) is 2.86. The Morgan fingerprint density at radius 1 is 1.15 bits per heavy atom. The Hall–Kier alpha value is -2.73. The fraction of sp³-hybridized carbons (Fsp3) is 0.300. The van der Waals surface area contributed by atoms with Gasteiger partial charge < -0.3 is 15.4 Å². The van der Waals surface area contributed by atoms with Gasteiger partial charge in [0, 0.05) is 24.4 Å². The maximum absolute atomic E-state index is 13.6. The van der Waals surface area contributed by atoms with E-state index in [4.69, 9.17) is 4.74 Å². The summed E-state index contributed by atoms with van der Waals surface area (Å²) in [5.74, 6) is -0.741. The van der Waals surface area contributed by atoms with Crippen LogP contribution in [0.3, 0.4) is 0 Å². The lowest BCUT2D eigenvalue weighted by Gasteiger charge is -2.11. The second kappa shape index (κ2) is 8.58. The molecule has 2 aromatic rings. The summed E-state index contributed by atoms with van der Waals surface area (Å²) in [6.45, 7) is 0.925. The number of carbonyl (C=O) groups is 2. The van der Waals surface area contributed by atoms with Crippen LogP contribution in [0, 0.1) is 5.82 Å². The van der Waals surface area contributed by atoms with Crippen LogP contribution in [0.15, 0.2) is 48.5 Å². The third-order valence-electron chi connectivity index (χ3n) is 4.25. The van der Waals surface area contributed by atoms with E-state index in [1.165, 1.54) is 6.07 Å². The molecule has 2 aromatic carbocycles. The third kappa shape index (κ3) is 4.67. The molecule has 1 fully saturated rings. The van der Waals surface area contributed by atoms with Gasteiger partial charge in [0.25, 0.3) is 11.8 Å². The van der Waals surface area contributed by atoms with Crippen molar-refractivity contribution in [2.45, 2.75) is 25.4 Å². The average Bonchev–Trinajstić information content (AvgIpc) is 3.18. The Balaban J connectivity index is 1.54. The second-order valence-electron chi connectivity index (χ2n) is 6.17. The Bertz CT molecular complexity index is 788. The van der Waals surface area contributed by atoms with Gasteiger partial charge in [-0.2, -0.15) is 0 Å². The van der Waals surface area contributed by atoms with Crippen LogP contribution in [-0.4, -0.2) is 31.1 Å². The maximum atomic E-state index is 13.6. The lowest BCUT2D eigenvalue weighted by atomic mass is 10.1. The Morgan fingerprint density at radius 2 is 2.00 bits per heavy atom. The van der Waals surface area contributed by atoms with Gasteiger partial charge >= 0.3 is 0 Å². The molecule has 1 saturated heterocycles. The van der Waals surface area contributed by atoms with Gasteiger partial charge in [0.15, 0.2) is 0 Å². The van der Waals surface area contributed by atoms with Crippen molar-refractivity contribution in [1.29, 1.82) is 0 Å². The molecule has 2 amide bonds. The predicted molar refractivity (Wildman–Crippen MR) is 96.5 cm³/mol. The number of rotatable bonds is 6. The zero-order valence-corrected chi connectivity index (χ0v) is 14.3. The first-order valence-electron chi connectivity index (χ1n) is 8.67. The number of halogens is 1. The molecule has 0 saturated carbocycles. The quantitative estimate of drug-likeness (QED) is 0.836. The molecule has 1 aliphatic rings. The molecule has 5 nitrogen and oxygen atoms in total. The van der Waals surface area contributed by atoms with Gasteiger partial charge in [0.2, 0.25) is 0 Å². The van der Waals surface area contributed by atoms with Crippen molar-refractivity contribution in [2.24, 2.45) is 0 Å². The largest absolute Gasteiger partial charge is 0.368 e. The van der Waals surface area contributed by atoms with Gasteiger partial charge in [-0.05, 0) is 49.1 Å². The minimum Gasteiger partial charge on any atom is -0.368 e. The van der Waals surface area contributed by atoms with Gasteiger partial charge in [-0.15, -0.1) is 0 Å². The molecular weight excluding hydrogens is 335 g/mol. The first kappa shape index (κ1) is 18.1. The number of nitrogens with one attached hydrogen (secondary N) is 2. The average molecular weight is 356 g/mol. The first-order chi connectivity index (χ1) is 12.6. The Morgan fingerprint density at radius 3 is 2.77 bits per heavy atom. The van der Waals surface area contributed by atoms with E-state index in [2.05, 4.69) is 10.6 Å². The van der Waals surface area contributed by atoms with Crippen LogP contribution in [0.2, 0.25) is 0 Å². The monoisotopic (exact) mass is 356 g/mol. The number of hydrogen-bond donors (Lipinski definition) is 2. The number of amides is 2. The molecule has 0 aliphatic carbocycles. The molecule has 2 N–H and O–H groups in total. The zero-order valence-electron chi connectivity index (χ0n) is 14.3. The molecule has 136 valence electrons. The molecular formula is C20H21FN2O3. The molecule has 0 radical (unpaired) electrons. The summed E-state index contributed by atoms with van der Waals surface area (Å²) in [5, 5.41) is 5.54. The standard InChI is InChI=1S/C20H21FN2O3/c21-17-8-2-1-5-14(17)10-11-22-19(24)15-6-3-7-16(13-15)23-20(25)18-9-4-12-26-18/h1-3,5-8,13,18H,4,9-12H2,(H,22,24)(H,23,25). The van der Waals surface area contributed by atoms with E-state index in [1.54, 1.807) is 42.5 Å². The summed E-state index contributed by atoms with van der Waals surface area (Å²) in [6.07, 6.45) is 1.58. The molecule has 1 aliphatic heterocycles. The summed E-state index contributed by atoms with van der Waals surface area (Å²) < 4.78 is 18.9. The lowest BCUT2D eigenvalue weighted by Crippen LogP contribution is -2.28. The third-order valence-corrected chi connectivity index (χ3v) is 4.25. The van der Waals surface area contributed by atoms with Crippen LogP contribution in [0.25, 0.3) is 0 Å². The van der Waals surface area contributed by atoms with Crippen LogP contribution in [0.4, 0.5) is 10.1 Å². The van der Waals surface area contributed by atoms with Gasteiger partial charge in [0.05, 0.1) is 0 Å². The highest BCUT2D eigenvalue weighted by Gasteiger charge is 2.23. The van der Waals surface area contributed by atoms with Crippen LogP contribution in [0.5, 0.6) is 0 Å². The fourth-order valence-electron chi connectivity index (χ4n) is 2.86. The number of benzene rings is 2. The van der Waals surface area contributed by atoms with Crippen molar-refractivity contribution >= 4 is 17.5 Å². The summed E-state index contributed by atoms with van der Waals surface area (Å²) >= 11 is 0. The van der Waals surface area contributed by atoms with Crippen LogP contribution in [0.1, 0.15) is 28.8 Å². The highest BCUT2D eigenvalue weighted by atomic mass is 19.1. The topological polar surface area (TPSA) is 67.4 Å². The van der Waals surface area contributed by atoms with E-state index in [-0.39, 0.29) is 17.6 Å². The molecule has 1 atom stereocenters. The van der Waals surface area contributed by atoms with Crippen molar-refractivity contribution in [3.63, 3.8) is 0 Å². The molecule has 6 heteroatoms. The second-order valence-corrected chi connectivity index (χ2v) is 6.17. The van der Waals surface area contributed by atoms with Crippen LogP contribution < -0.4 is 10.6 Å². The van der Waals surface area contributed by atoms with E-state index in [0.29, 0.717) is 42.8 Å². The predicted octanol–water partition coefficient (Wildman–Crippen LogP) is 2.92. The molecule has 1 heterocycles. The lowest BCUT2D eigenvalue weighted by molar-refractivity contribution is -0.124. The first-order valence-corrected chi connectivity index (χ1v) is 8.67. The SMILES string of the molecule is O=C(NCCc1ccccc1F)c1cccc(NC(=O)C2CCCO2)c1. The molecule has 0 aromatic heterocycles. The van der Waals surface area contributed by atoms with Crippen molar-refractivity contribution in [3.05, 3.63) is 65.5 Å². The molecule has 26 heavy (non-hydrogen) atoms. The van der Waals surface area contributed by atoms with E-state index >= 15 is 0 Å².